The number of amides is 2. The van der Waals surface area contributed by atoms with Crippen LogP contribution in [0, 0.1) is 0 Å². The number of nitrogens with one attached hydrogen (secondary N) is 2. The van der Waals surface area contributed by atoms with E-state index in [0.29, 0.717) is 5.56 Å². The van der Waals surface area contributed by atoms with E-state index in [-0.39, 0.29) is 42.5 Å². The van der Waals surface area contributed by atoms with Gasteiger partial charge in [-0.3, -0.25) is 14.4 Å². The lowest BCUT2D eigenvalue weighted by Gasteiger charge is -2.20. The van der Waals surface area contributed by atoms with Crippen LogP contribution in [0.25, 0.3) is 0 Å². The highest BCUT2D eigenvalue weighted by atomic mass is 16.2. The van der Waals surface area contributed by atoms with Crippen molar-refractivity contribution in [2.75, 3.05) is 6.54 Å². The van der Waals surface area contributed by atoms with Crippen LogP contribution >= 0.6 is 0 Å². The van der Waals surface area contributed by atoms with E-state index < -0.39 is 0 Å². The molecule has 0 radical (unpaired) electrons. The van der Waals surface area contributed by atoms with E-state index in [1.165, 1.54) is 5.56 Å². The highest BCUT2D eigenvalue weighted by Crippen LogP contribution is 2.08. The van der Waals surface area contributed by atoms with Gasteiger partial charge in [-0.15, -0.1) is 0 Å². The molecule has 0 unspecified atom stereocenters. The first-order valence-corrected chi connectivity index (χ1v) is 7.91. The number of ketones is 1. The normalized spacial score (nSPS) is 11.0. The van der Waals surface area contributed by atoms with Gasteiger partial charge in [-0.25, -0.2) is 0 Å². The Morgan fingerprint density at radius 1 is 0.957 bits per heavy atom. The maximum atomic E-state index is 12.0. The van der Waals surface area contributed by atoms with Gasteiger partial charge in [0.15, 0.2) is 5.78 Å². The van der Waals surface area contributed by atoms with E-state index >= 15 is 0 Å². The van der Waals surface area contributed by atoms with Gasteiger partial charge < -0.3 is 10.6 Å². The predicted octanol–water partition coefficient (Wildman–Crippen LogP) is 2.24. The molecule has 0 atom stereocenters. The fourth-order valence-electron chi connectivity index (χ4n) is 2.03. The molecule has 2 N–H and O–H groups in total. The number of benzene rings is 1. The summed E-state index contributed by atoms with van der Waals surface area (Å²) in [4.78, 5) is 35.3. The van der Waals surface area contributed by atoms with E-state index in [4.69, 9.17) is 0 Å². The van der Waals surface area contributed by atoms with E-state index in [1.54, 1.807) is 12.1 Å². The van der Waals surface area contributed by atoms with Crippen LogP contribution in [0.3, 0.4) is 0 Å². The molecule has 0 aliphatic heterocycles. The lowest BCUT2D eigenvalue weighted by Crippen LogP contribution is -2.45. The molecule has 0 fully saturated rings. The molecule has 1 aromatic rings. The lowest BCUT2D eigenvalue weighted by molar-refractivity contribution is -0.126. The Labute approximate surface area is 137 Å². The maximum absolute atomic E-state index is 12.0. The number of hydrogen-bond acceptors (Lipinski definition) is 3. The van der Waals surface area contributed by atoms with Crippen LogP contribution in [-0.2, 0) is 16.0 Å². The minimum Gasteiger partial charge on any atom is -0.350 e. The smallest absolute Gasteiger partial charge is 0.239 e. The molecule has 0 saturated heterocycles. The number of aryl methyl sites for hydroxylation is 1. The lowest BCUT2D eigenvalue weighted by atomic mass is 10.0. The molecule has 5 heteroatoms. The van der Waals surface area contributed by atoms with Gasteiger partial charge in [0.25, 0.3) is 0 Å². The average Bonchev–Trinajstić information content (AvgIpc) is 2.49. The second kappa shape index (κ2) is 8.46. The van der Waals surface area contributed by atoms with E-state index in [1.807, 2.05) is 32.9 Å². The second-order valence-electron chi connectivity index (χ2n) is 6.55. The van der Waals surface area contributed by atoms with Crippen molar-refractivity contribution in [3.8, 4) is 0 Å². The molecule has 5 nitrogen and oxygen atoms in total. The highest BCUT2D eigenvalue weighted by Gasteiger charge is 2.15. The summed E-state index contributed by atoms with van der Waals surface area (Å²) < 4.78 is 0. The zero-order valence-electron chi connectivity index (χ0n) is 14.4. The molecule has 0 aliphatic carbocycles. The van der Waals surface area contributed by atoms with Crippen LogP contribution in [0.5, 0.6) is 0 Å². The van der Waals surface area contributed by atoms with E-state index in [2.05, 4.69) is 17.6 Å². The van der Waals surface area contributed by atoms with Crippen LogP contribution in [0.2, 0.25) is 0 Å². The molecule has 0 bridgehead atoms. The van der Waals surface area contributed by atoms with Crippen molar-refractivity contribution >= 4 is 17.6 Å². The van der Waals surface area contributed by atoms with Gasteiger partial charge in [0.1, 0.15) is 0 Å². The Morgan fingerprint density at radius 2 is 1.57 bits per heavy atom. The fraction of sp³-hybridized carbons (Fsp3) is 0.500. The van der Waals surface area contributed by atoms with Gasteiger partial charge in [0, 0.05) is 23.9 Å². The molecule has 126 valence electrons. The number of carbonyl (C=O) groups excluding carboxylic acids is 3. The molecule has 0 saturated carbocycles. The van der Waals surface area contributed by atoms with Crippen LogP contribution in [0.1, 0.15) is 56.5 Å². The third kappa shape index (κ3) is 7.58. The van der Waals surface area contributed by atoms with Gasteiger partial charge in [0.2, 0.25) is 11.8 Å². The fourth-order valence-corrected chi connectivity index (χ4v) is 2.03. The minimum absolute atomic E-state index is 0.0676. The first kappa shape index (κ1) is 18.9. The van der Waals surface area contributed by atoms with Crippen LogP contribution in [0.15, 0.2) is 24.3 Å². The quantitative estimate of drug-likeness (QED) is 0.757. The highest BCUT2D eigenvalue weighted by molar-refractivity contribution is 5.98. The summed E-state index contributed by atoms with van der Waals surface area (Å²) >= 11 is 0. The monoisotopic (exact) mass is 318 g/mol. The number of Topliss-reactive ketones (excluding diaryl/α,β-unsaturated/α-hetero) is 1. The number of hydrogen-bond donors (Lipinski definition) is 2. The Kier molecular flexibility index (Phi) is 6.94. The van der Waals surface area contributed by atoms with Gasteiger partial charge in [-0.05, 0) is 32.8 Å². The third-order valence-electron chi connectivity index (χ3n) is 3.22. The first-order chi connectivity index (χ1) is 10.7. The summed E-state index contributed by atoms with van der Waals surface area (Å²) in [6.45, 7) is 7.59. The standard InChI is InChI=1S/C18H26N2O3/c1-5-13-6-8-14(9-7-13)15(21)10-11-16(22)19-12-17(23)20-18(2,3)4/h6-9H,5,10-12H2,1-4H3,(H,19,22)(H,20,23). The van der Waals surface area contributed by atoms with Gasteiger partial charge >= 0.3 is 0 Å². The van der Waals surface area contributed by atoms with E-state index in [9.17, 15) is 14.4 Å². The van der Waals surface area contributed by atoms with Gasteiger partial charge in [-0.1, -0.05) is 31.2 Å². The second-order valence-corrected chi connectivity index (χ2v) is 6.55. The zero-order valence-corrected chi connectivity index (χ0v) is 14.4. The van der Waals surface area contributed by atoms with Gasteiger partial charge in [-0.2, -0.15) is 0 Å². The van der Waals surface area contributed by atoms with Crippen LogP contribution < -0.4 is 10.6 Å². The van der Waals surface area contributed by atoms with E-state index in [0.717, 1.165) is 6.42 Å². The average molecular weight is 318 g/mol. The van der Waals surface area contributed by atoms with Crippen molar-refractivity contribution < 1.29 is 14.4 Å². The van der Waals surface area contributed by atoms with Crippen LogP contribution in [-0.4, -0.2) is 29.7 Å². The zero-order chi connectivity index (χ0) is 17.5. The maximum Gasteiger partial charge on any atom is 0.239 e. The Balaban J connectivity index is 2.35. The molecule has 1 aromatic carbocycles. The van der Waals surface area contributed by atoms with Crippen molar-refractivity contribution in [1.82, 2.24) is 10.6 Å². The molecule has 0 aromatic heterocycles. The van der Waals surface area contributed by atoms with Crippen molar-refractivity contribution in [2.45, 2.75) is 52.5 Å². The molecule has 0 aliphatic rings. The minimum atomic E-state index is -0.331. The Bertz CT molecular complexity index is 557. The SMILES string of the molecule is CCc1ccc(C(=O)CCC(=O)NCC(=O)NC(C)(C)C)cc1. The van der Waals surface area contributed by atoms with Crippen LogP contribution in [0.4, 0.5) is 0 Å². The molecule has 1 rings (SSSR count). The summed E-state index contributed by atoms with van der Waals surface area (Å²) in [5.74, 6) is -0.609. The first-order valence-electron chi connectivity index (χ1n) is 7.91. The molecular weight excluding hydrogens is 292 g/mol. The molecule has 0 heterocycles. The summed E-state index contributed by atoms with van der Waals surface area (Å²) in [7, 11) is 0. The number of rotatable bonds is 7. The topological polar surface area (TPSA) is 75.3 Å². The summed E-state index contributed by atoms with van der Waals surface area (Å²) in [6.07, 6.45) is 1.14. The molecular formula is C18H26N2O3. The summed E-state index contributed by atoms with van der Waals surface area (Å²) in [5.41, 5.74) is 1.45. The predicted molar refractivity (Wildman–Crippen MR) is 90.3 cm³/mol. The number of carbonyl (C=O) groups is 3. The van der Waals surface area contributed by atoms with Crippen molar-refractivity contribution in [2.24, 2.45) is 0 Å². The molecule has 23 heavy (non-hydrogen) atoms. The van der Waals surface area contributed by atoms with Crippen molar-refractivity contribution in [3.63, 3.8) is 0 Å². The largest absolute Gasteiger partial charge is 0.350 e. The Morgan fingerprint density at radius 3 is 2.09 bits per heavy atom. The van der Waals surface area contributed by atoms with Crippen molar-refractivity contribution in [3.05, 3.63) is 35.4 Å². The van der Waals surface area contributed by atoms with Gasteiger partial charge in [0.05, 0.1) is 6.54 Å². The Hall–Kier alpha value is -2.17. The molecule has 0 spiro atoms. The molecule has 2 amide bonds. The summed E-state index contributed by atoms with van der Waals surface area (Å²) in [5, 5.41) is 5.28. The summed E-state index contributed by atoms with van der Waals surface area (Å²) in [6, 6.07) is 7.42. The third-order valence-corrected chi connectivity index (χ3v) is 3.22. The van der Waals surface area contributed by atoms with Crippen molar-refractivity contribution in [1.29, 1.82) is 0 Å².